The molecule has 1 atom stereocenters. The van der Waals surface area contributed by atoms with Crippen LogP contribution >= 0.6 is 11.8 Å². The van der Waals surface area contributed by atoms with Crippen molar-refractivity contribution in [3.63, 3.8) is 0 Å². The summed E-state index contributed by atoms with van der Waals surface area (Å²) in [5.41, 5.74) is 3.50. The number of hydrogen-bond acceptors (Lipinski definition) is 7. The Morgan fingerprint density at radius 1 is 1.17 bits per heavy atom. The van der Waals surface area contributed by atoms with Gasteiger partial charge in [-0.15, -0.1) is 5.10 Å². The largest absolute Gasteiger partial charge is 0.465 e. The number of fused-ring (bicyclic) bond motifs is 3. The molecule has 0 saturated heterocycles. The number of ketones is 1. The molecule has 9 heteroatoms. The third-order valence-electron chi connectivity index (χ3n) is 4.98. The maximum Gasteiger partial charge on any atom is 0.339 e. The van der Waals surface area contributed by atoms with Crippen LogP contribution in [0, 0.1) is 20.8 Å². The van der Waals surface area contributed by atoms with Crippen molar-refractivity contribution in [3.8, 4) is 0 Å². The molecule has 0 saturated carbocycles. The fourth-order valence-electron chi connectivity index (χ4n) is 3.53. The number of nitrogens with zero attached hydrogens (tertiary/aromatic N) is 4. The number of hydrogen-bond donors (Lipinski definition) is 1. The van der Waals surface area contributed by atoms with E-state index in [1.807, 2.05) is 38.1 Å². The standard InChI is InChI=1S/C21H21N5O3S/c1-10-16(20(28)29-5)11(2)22-17(10)18(27)12(3)30-21-24-15-9-7-6-8-14(15)19-23-13(4)25-26(19)21/h6-9,12,22H,1-5H3/t12-/m0/s1. The molecule has 8 nitrogen and oxygen atoms in total. The van der Waals surface area contributed by atoms with E-state index in [9.17, 15) is 9.59 Å². The second kappa shape index (κ2) is 7.56. The van der Waals surface area contributed by atoms with Crippen LogP contribution in [0.2, 0.25) is 0 Å². The lowest BCUT2D eigenvalue weighted by Gasteiger charge is -2.11. The van der Waals surface area contributed by atoms with Crippen molar-refractivity contribution in [2.75, 3.05) is 7.11 Å². The van der Waals surface area contributed by atoms with Crippen LogP contribution in [0.25, 0.3) is 16.6 Å². The fourth-order valence-corrected chi connectivity index (χ4v) is 4.45. The first kappa shape index (κ1) is 20.1. The molecule has 30 heavy (non-hydrogen) atoms. The minimum Gasteiger partial charge on any atom is -0.465 e. The van der Waals surface area contributed by atoms with E-state index in [1.165, 1.54) is 18.9 Å². The van der Waals surface area contributed by atoms with Gasteiger partial charge >= 0.3 is 5.97 Å². The minimum absolute atomic E-state index is 0.129. The molecule has 0 spiro atoms. The second-order valence-corrected chi connectivity index (χ2v) is 8.35. The molecule has 4 rings (SSSR count). The number of benzene rings is 1. The van der Waals surface area contributed by atoms with Gasteiger partial charge in [0.1, 0.15) is 5.82 Å². The Morgan fingerprint density at radius 3 is 2.63 bits per heavy atom. The van der Waals surface area contributed by atoms with Gasteiger partial charge < -0.3 is 9.72 Å². The van der Waals surface area contributed by atoms with Crippen molar-refractivity contribution in [2.24, 2.45) is 0 Å². The molecule has 0 unspecified atom stereocenters. The van der Waals surface area contributed by atoms with Crippen LogP contribution in [-0.4, -0.2) is 48.7 Å². The Balaban J connectivity index is 1.72. The van der Waals surface area contributed by atoms with E-state index in [4.69, 9.17) is 9.72 Å². The number of Topliss-reactive ketones (excluding diaryl/α,β-unsaturated/α-hetero) is 1. The summed E-state index contributed by atoms with van der Waals surface area (Å²) in [6.07, 6.45) is 0. The average molecular weight is 423 g/mol. The zero-order valence-corrected chi connectivity index (χ0v) is 18.1. The summed E-state index contributed by atoms with van der Waals surface area (Å²) in [5, 5.41) is 5.48. The predicted molar refractivity (Wildman–Crippen MR) is 114 cm³/mol. The number of esters is 1. The van der Waals surface area contributed by atoms with Gasteiger partial charge in [0.15, 0.2) is 16.6 Å². The lowest BCUT2D eigenvalue weighted by molar-refractivity contribution is 0.0599. The lowest BCUT2D eigenvalue weighted by Crippen LogP contribution is -2.16. The Hall–Kier alpha value is -3.20. The van der Waals surface area contributed by atoms with E-state index in [-0.39, 0.29) is 5.78 Å². The van der Waals surface area contributed by atoms with Crippen molar-refractivity contribution in [2.45, 2.75) is 38.1 Å². The Kier molecular flexibility index (Phi) is 5.07. The Labute approximate surface area is 177 Å². The average Bonchev–Trinajstić information content (AvgIpc) is 3.26. The van der Waals surface area contributed by atoms with Gasteiger partial charge in [-0.1, -0.05) is 23.9 Å². The number of thioether (sulfide) groups is 1. The van der Waals surface area contributed by atoms with Crippen molar-refractivity contribution in [1.82, 2.24) is 24.6 Å². The van der Waals surface area contributed by atoms with Crippen LogP contribution in [0.1, 0.15) is 44.9 Å². The third-order valence-corrected chi connectivity index (χ3v) is 6.02. The van der Waals surface area contributed by atoms with Crippen LogP contribution in [0.4, 0.5) is 0 Å². The van der Waals surface area contributed by atoms with E-state index >= 15 is 0 Å². The van der Waals surface area contributed by atoms with Crippen LogP contribution < -0.4 is 0 Å². The highest BCUT2D eigenvalue weighted by molar-refractivity contribution is 8.00. The zero-order valence-electron chi connectivity index (χ0n) is 17.3. The highest BCUT2D eigenvalue weighted by Crippen LogP contribution is 2.29. The number of para-hydroxylation sites is 1. The SMILES string of the molecule is COC(=O)c1c(C)[nH]c(C(=O)[C@H](C)Sc2nc3ccccc3c3nc(C)nn23)c1C. The molecule has 0 radical (unpaired) electrons. The van der Waals surface area contributed by atoms with E-state index in [0.29, 0.717) is 39.1 Å². The normalized spacial score (nSPS) is 12.4. The van der Waals surface area contributed by atoms with Crippen molar-refractivity contribution < 1.29 is 14.3 Å². The first-order chi connectivity index (χ1) is 14.3. The molecule has 0 aliphatic heterocycles. The van der Waals surface area contributed by atoms with Gasteiger partial charge in [0.25, 0.3) is 0 Å². The predicted octanol–water partition coefficient (Wildman–Crippen LogP) is 3.68. The monoisotopic (exact) mass is 423 g/mol. The summed E-state index contributed by atoms with van der Waals surface area (Å²) < 4.78 is 6.51. The number of carbonyl (C=O) groups is 2. The first-order valence-corrected chi connectivity index (χ1v) is 10.3. The van der Waals surface area contributed by atoms with Gasteiger partial charge in [-0.05, 0) is 45.4 Å². The van der Waals surface area contributed by atoms with Crippen LogP contribution in [0.5, 0.6) is 0 Å². The van der Waals surface area contributed by atoms with Gasteiger partial charge in [0.2, 0.25) is 0 Å². The molecule has 1 aromatic carbocycles. The summed E-state index contributed by atoms with van der Waals surface area (Å²) in [6.45, 7) is 7.13. The molecule has 0 fully saturated rings. The molecule has 0 aliphatic carbocycles. The van der Waals surface area contributed by atoms with Crippen LogP contribution in [-0.2, 0) is 4.74 Å². The second-order valence-electron chi connectivity index (χ2n) is 7.05. The molecular formula is C21H21N5O3S. The molecule has 4 aromatic rings. The minimum atomic E-state index is -0.464. The van der Waals surface area contributed by atoms with Gasteiger partial charge in [0.05, 0.1) is 29.1 Å². The van der Waals surface area contributed by atoms with Gasteiger partial charge in [-0.2, -0.15) is 4.52 Å². The van der Waals surface area contributed by atoms with Crippen molar-refractivity contribution in [3.05, 3.63) is 52.6 Å². The summed E-state index contributed by atoms with van der Waals surface area (Å²) in [6, 6.07) is 7.71. The number of aromatic nitrogens is 5. The zero-order chi connectivity index (χ0) is 21.6. The topological polar surface area (TPSA) is 102 Å². The molecule has 1 N–H and O–H groups in total. The van der Waals surface area contributed by atoms with Crippen LogP contribution in [0.3, 0.4) is 0 Å². The molecule has 3 heterocycles. The highest BCUT2D eigenvalue weighted by atomic mass is 32.2. The maximum absolute atomic E-state index is 13.2. The summed E-state index contributed by atoms with van der Waals surface area (Å²) >= 11 is 1.31. The summed E-state index contributed by atoms with van der Waals surface area (Å²) in [4.78, 5) is 37.5. The number of nitrogens with one attached hydrogen (secondary N) is 1. The molecule has 154 valence electrons. The number of carbonyl (C=O) groups excluding carboxylic acids is 2. The lowest BCUT2D eigenvalue weighted by atomic mass is 10.1. The van der Waals surface area contributed by atoms with Gasteiger partial charge in [0, 0.05) is 11.1 Å². The Bertz CT molecular complexity index is 1310. The molecule has 0 aliphatic rings. The van der Waals surface area contributed by atoms with Crippen molar-refractivity contribution in [1.29, 1.82) is 0 Å². The Morgan fingerprint density at radius 2 is 1.90 bits per heavy atom. The number of rotatable bonds is 5. The van der Waals surface area contributed by atoms with E-state index in [1.54, 1.807) is 18.4 Å². The number of ether oxygens (including phenoxy) is 1. The van der Waals surface area contributed by atoms with Gasteiger partial charge in [-0.3, -0.25) is 4.79 Å². The van der Waals surface area contributed by atoms with Crippen molar-refractivity contribution >= 4 is 40.1 Å². The quantitative estimate of drug-likeness (QED) is 0.226. The third kappa shape index (κ3) is 3.24. The van der Waals surface area contributed by atoms with Gasteiger partial charge in [-0.25, -0.2) is 14.8 Å². The number of aryl methyl sites for hydroxylation is 2. The summed E-state index contributed by atoms with van der Waals surface area (Å²) in [7, 11) is 1.32. The number of H-pyrrole nitrogens is 1. The molecule has 3 aromatic heterocycles. The van der Waals surface area contributed by atoms with E-state index < -0.39 is 11.2 Å². The maximum atomic E-state index is 13.2. The fraction of sp³-hybridized carbons (Fsp3) is 0.286. The molecule has 0 amide bonds. The van der Waals surface area contributed by atoms with E-state index in [0.717, 1.165) is 10.9 Å². The number of aromatic amines is 1. The highest BCUT2D eigenvalue weighted by Gasteiger charge is 2.27. The smallest absolute Gasteiger partial charge is 0.339 e. The first-order valence-electron chi connectivity index (χ1n) is 9.42. The molecule has 0 bridgehead atoms. The summed E-state index contributed by atoms with van der Waals surface area (Å²) in [5.74, 6) is 0.0415. The van der Waals surface area contributed by atoms with E-state index in [2.05, 4.69) is 15.1 Å². The van der Waals surface area contributed by atoms with Crippen LogP contribution in [0.15, 0.2) is 29.4 Å². The molecular weight excluding hydrogens is 402 g/mol. The number of methoxy groups -OCH3 is 1.